The highest BCUT2D eigenvalue weighted by Gasteiger charge is 2.06. The molecule has 0 aliphatic heterocycles. The molecule has 4 nitrogen and oxygen atoms in total. The van der Waals surface area contributed by atoms with Crippen molar-refractivity contribution in [2.45, 2.75) is 39.0 Å². The Kier molecular flexibility index (Phi) is 10.5. The van der Waals surface area contributed by atoms with Crippen LogP contribution in [-0.4, -0.2) is 31.1 Å². The number of nitrogens with one attached hydrogen (secondary N) is 2. The van der Waals surface area contributed by atoms with Crippen LogP contribution in [0.4, 0.5) is 0 Å². The lowest BCUT2D eigenvalue weighted by Gasteiger charge is -2.15. The fourth-order valence-electron chi connectivity index (χ4n) is 2.27. The lowest BCUT2D eigenvalue weighted by atomic mass is 10.1. The van der Waals surface area contributed by atoms with E-state index in [1.807, 2.05) is 14.0 Å². The quantitative estimate of drug-likeness (QED) is 0.256. The number of aromatic nitrogens is 1. The summed E-state index contributed by atoms with van der Waals surface area (Å²) in [6, 6.07) is 2.19. The fourth-order valence-corrected chi connectivity index (χ4v) is 3.87. The number of hydrogen-bond donors (Lipinski definition) is 2. The number of thiophene rings is 1. The van der Waals surface area contributed by atoms with E-state index in [9.17, 15) is 0 Å². The fraction of sp³-hybridized carbons (Fsp3) is 0.529. The molecule has 2 rings (SSSR count). The third kappa shape index (κ3) is 7.48. The molecule has 2 heterocycles. The van der Waals surface area contributed by atoms with E-state index in [0.29, 0.717) is 5.92 Å². The highest BCUT2D eigenvalue weighted by molar-refractivity contribution is 14.0. The maximum atomic E-state index is 4.50. The summed E-state index contributed by atoms with van der Waals surface area (Å²) in [4.78, 5) is 8.78. The first kappa shape index (κ1) is 21.4. The van der Waals surface area contributed by atoms with Crippen molar-refractivity contribution in [3.8, 4) is 0 Å². The number of aliphatic imine (C=N–C) groups is 1. The van der Waals surface area contributed by atoms with Gasteiger partial charge >= 0.3 is 0 Å². The van der Waals surface area contributed by atoms with Crippen molar-refractivity contribution in [3.05, 3.63) is 38.5 Å². The minimum absolute atomic E-state index is 0. The number of thiazole rings is 1. The summed E-state index contributed by atoms with van der Waals surface area (Å²) >= 11 is 3.51. The maximum Gasteiger partial charge on any atom is 0.190 e. The maximum absolute atomic E-state index is 4.50. The first-order valence-electron chi connectivity index (χ1n) is 8.06. The normalized spacial score (nSPS) is 12.5. The van der Waals surface area contributed by atoms with Gasteiger partial charge in [-0.2, -0.15) is 11.3 Å². The molecule has 0 aromatic carbocycles. The SMILES string of the molecule is CN=C(NCCCCc1nc(C)cs1)NCC(C)c1ccsc1.I. The third-order valence-electron chi connectivity index (χ3n) is 3.69. The first-order chi connectivity index (χ1) is 11.2. The lowest BCUT2D eigenvalue weighted by molar-refractivity contribution is 0.671. The molecule has 0 bridgehead atoms. The second-order valence-electron chi connectivity index (χ2n) is 5.68. The number of guanidine groups is 1. The number of unbranched alkanes of at least 4 members (excludes halogenated alkanes) is 1. The standard InChI is InChI=1S/C17H26N4S2.HI/c1-13(15-7-9-22-12-15)10-20-17(18-3)19-8-5-4-6-16-21-14(2)11-23-16;/h7,9,11-13H,4-6,8,10H2,1-3H3,(H2,18,19,20);1H. The average molecular weight is 478 g/mol. The smallest absolute Gasteiger partial charge is 0.190 e. The molecule has 1 atom stereocenters. The van der Waals surface area contributed by atoms with Gasteiger partial charge in [0.25, 0.3) is 0 Å². The molecule has 0 radical (unpaired) electrons. The zero-order valence-electron chi connectivity index (χ0n) is 14.5. The van der Waals surface area contributed by atoms with Crippen molar-refractivity contribution < 1.29 is 0 Å². The second kappa shape index (κ2) is 11.8. The molecule has 2 N–H and O–H groups in total. The largest absolute Gasteiger partial charge is 0.356 e. The Morgan fingerprint density at radius 1 is 1.29 bits per heavy atom. The number of aryl methyl sites for hydroxylation is 2. The predicted molar refractivity (Wildman–Crippen MR) is 117 cm³/mol. The molecule has 0 fully saturated rings. The molecule has 0 aliphatic rings. The minimum atomic E-state index is 0. The van der Waals surface area contributed by atoms with Gasteiger partial charge < -0.3 is 10.6 Å². The van der Waals surface area contributed by atoms with Gasteiger partial charge in [-0.15, -0.1) is 35.3 Å². The van der Waals surface area contributed by atoms with Crippen molar-refractivity contribution in [2.75, 3.05) is 20.1 Å². The van der Waals surface area contributed by atoms with E-state index < -0.39 is 0 Å². The summed E-state index contributed by atoms with van der Waals surface area (Å²) in [5.41, 5.74) is 2.52. The van der Waals surface area contributed by atoms with E-state index in [2.05, 4.69) is 49.7 Å². The van der Waals surface area contributed by atoms with E-state index in [-0.39, 0.29) is 24.0 Å². The minimum Gasteiger partial charge on any atom is -0.356 e. The Balaban J connectivity index is 0.00000288. The van der Waals surface area contributed by atoms with Crippen molar-refractivity contribution in [1.82, 2.24) is 15.6 Å². The van der Waals surface area contributed by atoms with E-state index in [0.717, 1.165) is 44.0 Å². The van der Waals surface area contributed by atoms with Crippen LogP contribution >= 0.6 is 46.7 Å². The van der Waals surface area contributed by atoms with Gasteiger partial charge in [0.2, 0.25) is 0 Å². The Morgan fingerprint density at radius 3 is 2.75 bits per heavy atom. The van der Waals surface area contributed by atoms with Gasteiger partial charge in [-0.3, -0.25) is 4.99 Å². The first-order valence-corrected chi connectivity index (χ1v) is 9.89. The van der Waals surface area contributed by atoms with Crippen LogP contribution in [0, 0.1) is 6.92 Å². The molecule has 0 aliphatic carbocycles. The average Bonchev–Trinajstić information content (AvgIpc) is 3.21. The predicted octanol–water partition coefficient (Wildman–Crippen LogP) is 4.42. The van der Waals surface area contributed by atoms with Crippen LogP contribution in [0.15, 0.2) is 27.2 Å². The highest BCUT2D eigenvalue weighted by Crippen LogP contribution is 2.17. The molecule has 0 amide bonds. The van der Waals surface area contributed by atoms with E-state index in [1.165, 1.54) is 10.6 Å². The Hall–Kier alpha value is -0.670. The van der Waals surface area contributed by atoms with Gasteiger partial charge in [0.05, 0.1) is 5.01 Å². The summed E-state index contributed by atoms with van der Waals surface area (Å²) < 4.78 is 0. The van der Waals surface area contributed by atoms with Crippen molar-refractivity contribution >= 4 is 52.6 Å². The number of rotatable bonds is 8. The molecule has 2 aromatic rings. The van der Waals surface area contributed by atoms with Gasteiger partial charge in [0.15, 0.2) is 5.96 Å². The Bertz CT molecular complexity index is 596. The van der Waals surface area contributed by atoms with Gasteiger partial charge in [-0.25, -0.2) is 4.98 Å². The second-order valence-corrected chi connectivity index (χ2v) is 7.40. The number of nitrogens with zero attached hydrogens (tertiary/aromatic N) is 2. The summed E-state index contributed by atoms with van der Waals surface area (Å²) in [7, 11) is 1.82. The molecule has 0 spiro atoms. The molecule has 2 aromatic heterocycles. The van der Waals surface area contributed by atoms with Crippen LogP contribution in [-0.2, 0) is 6.42 Å². The monoisotopic (exact) mass is 478 g/mol. The summed E-state index contributed by atoms with van der Waals surface area (Å²) in [5.74, 6) is 1.38. The lowest BCUT2D eigenvalue weighted by Crippen LogP contribution is -2.39. The van der Waals surface area contributed by atoms with E-state index >= 15 is 0 Å². The van der Waals surface area contributed by atoms with Crippen LogP contribution in [0.2, 0.25) is 0 Å². The van der Waals surface area contributed by atoms with Gasteiger partial charge in [-0.05, 0) is 54.5 Å². The molecular weight excluding hydrogens is 451 g/mol. The third-order valence-corrected chi connectivity index (χ3v) is 5.42. The topological polar surface area (TPSA) is 49.3 Å². The van der Waals surface area contributed by atoms with Crippen molar-refractivity contribution in [1.29, 1.82) is 0 Å². The number of halogens is 1. The molecule has 24 heavy (non-hydrogen) atoms. The molecule has 0 saturated carbocycles. The van der Waals surface area contributed by atoms with Gasteiger partial charge in [0.1, 0.15) is 0 Å². The van der Waals surface area contributed by atoms with Crippen LogP contribution in [0.25, 0.3) is 0 Å². The molecule has 7 heteroatoms. The van der Waals surface area contributed by atoms with E-state index in [4.69, 9.17) is 0 Å². The molecule has 1 unspecified atom stereocenters. The Morgan fingerprint density at radius 2 is 2.12 bits per heavy atom. The Labute approximate surface area is 170 Å². The van der Waals surface area contributed by atoms with Crippen molar-refractivity contribution in [3.63, 3.8) is 0 Å². The van der Waals surface area contributed by atoms with Crippen molar-refractivity contribution in [2.24, 2.45) is 4.99 Å². The van der Waals surface area contributed by atoms with Gasteiger partial charge in [-0.1, -0.05) is 6.92 Å². The zero-order chi connectivity index (χ0) is 16.5. The molecule has 0 saturated heterocycles. The zero-order valence-corrected chi connectivity index (χ0v) is 18.5. The number of hydrogen-bond acceptors (Lipinski definition) is 4. The van der Waals surface area contributed by atoms with Gasteiger partial charge in [0, 0.05) is 31.2 Å². The molecular formula is C17H27IN4S2. The van der Waals surface area contributed by atoms with Crippen LogP contribution in [0.5, 0.6) is 0 Å². The van der Waals surface area contributed by atoms with E-state index in [1.54, 1.807) is 22.7 Å². The summed E-state index contributed by atoms with van der Waals surface area (Å²) in [6.07, 6.45) is 3.35. The van der Waals surface area contributed by atoms with Crippen LogP contribution in [0.3, 0.4) is 0 Å². The summed E-state index contributed by atoms with van der Waals surface area (Å²) in [5, 5.41) is 14.5. The highest BCUT2D eigenvalue weighted by atomic mass is 127. The molecule has 134 valence electrons. The van der Waals surface area contributed by atoms with Crippen LogP contribution in [0.1, 0.15) is 41.9 Å². The van der Waals surface area contributed by atoms with Crippen LogP contribution < -0.4 is 10.6 Å². The summed E-state index contributed by atoms with van der Waals surface area (Å²) in [6.45, 7) is 6.12.